The smallest absolute Gasteiger partial charge is 0.291 e. The molecule has 0 spiro atoms. The number of hydrogen-bond acceptors (Lipinski definition) is 3. The second-order valence-corrected chi connectivity index (χ2v) is 3.55. The summed E-state index contributed by atoms with van der Waals surface area (Å²) < 4.78 is 31.3. The number of carbonyl (C=O) groups is 1. The molecule has 0 unspecified atom stereocenters. The molecule has 0 atom stereocenters. The summed E-state index contributed by atoms with van der Waals surface area (Å²) in [6.07, 6.45) is 0. The van der Waals surface area contributed by atoms with E-state index in [2.05, 4.69) is 5.32 Å². The Morgan fingerprint density at radius 1 is 1.28 bits per heavy atom. The summed E-state index contributed by atoms with van der Waals surface area (Å²) in [4.78, 5) is 11.7. The van der Waals surface area contributed by atoms with Crippen molar-refractivity contribution in [2.75, 3.05) is 5.32 Å². The molecule has 0 aliphatic carbocycles. The molecule has 4 nitrogen and oxygen atoms in total. The highest BCUT2D eigenvalue weighted by Crippen LogP contribution is 2.17. The van der Waals surface area contributed by atoms with Crippen LogP contribution in [-0.4, -0.2) is 5.91 Å². The van der Waals surface area contributed by atoms with Crippen LogP contribution in [0.1, 0.15) is 16.3 Å². The SMILES string of the molecule is NCc1ccc(C(=O)Nc2cc(F)ccc2F)o1. The Bertz CT molecular complexity index is 581. The van der Waals surface area contributed by atoms with Gasteiger partial charge in [0.05, 0.1) is 12.2 Å². The van der Waals surface area contributed by atoms with E-state index >= 15 is 0 Å². The Labute approximate surface area is 101 Å². The maximum Gasteiger partial charge on any atom is 0.291 e. The van der Waals surface area contributed by atoms with E-state index in [4.69, 9.17) is 10.2 Å². The number of furan rings is 1. The van der Waals surface area contributed by atoms with E-state index in [0.717, 1.165) is 18.2 Å². The monoisotopic (exact) mass is 252 g/mol. The molecule has 2 aromatic rings. The van der Waals surface area contributed by atoms with Gasteiger partial charge in [0.15, 0.2) is 5.76 Å². The number of carbonyl (C=O) groups excluding carboxylic acids is 1. The summed E-state index contributed by atoms with van der Waals surface area (Å²) in [5.41, 5.74) is 5.08. The molecule has 1 aromatic heterocycles. The third-order valence-electron chi connectivity index (χ3n) is 2.26. The van der Waals surface area contributed by atoms with Crippen molar-refractivity contribution in [1.82, 2.24) is 0 Å². The molecule has 1 heterocycles. The van der Waals surface area contributed by atoms with Gasteiger partial charge in [-0.3, -0.25) is 4.79 Å². The largest absolute Gasteiger partial charge is 0.455 e. The molecule has 18 heavy (non-hydrogen) atoms. The van der Waals surface area contributed by atoms with Crippen molar-refractivity contribution in [2.24, 2.45) is 5.73 Å². The number of rotatable bonds is 3. The molecule has 1 aromatic carbocycles. The number of benzene rings is 1. The highest BCUT2D eigenvalue weighted by Gasteiger charge is 2.13. The molecule has 3 N–H and O–H groups in total. The van der Waals surface area contributed by atoms with Crippen LogP contribution in [0, 0.1) is 11.6 Å². The number of amides is 1. The zero-order valence-corrected chi connectivity index (χ0v) is 9.24. The van der Waals surface area contributed by atoms with E-state index in [1.165, 1.54) is 12.1 Å². The molecule has 2 rings (SSSR count). The molecule has 0 bridgehead atoms. The van der Waals surface area contributed by atoms with Gasteiger partial charge in [0, 0.05) is 6.07 Å². The van der Waals surface area contributed by atoms with Gasteiger partial charge in [-0.05, 0) is 24.3 Å². The second kappa shape index (κ2) is 4.97. The van der Waals surface area contributed by atoms with Crippen LogP contribution in [0.15, 0.2) is 34.7 Å². The van der Waals surface area contributed by atoms with E-state index < -0.39 is 17.5 Å². The summed E-state index contributed by atoms with van der Waals surface area (Å²) in [6, 6.07) is 5.73. The molecule has 6 heteroatoms. The predicted octanol–water partition coefficient (Wildman–Crippen LogP) is 2.27. The Kier molecular flexibility index (Phi) is 3.38. The lowest BCUT2D eigenvalue weighted by molar-refractivity contribution is 0.0994. The van der Waals surface area contributed by atoms with Crippen LogP contribution < -0.4 is 11.1 Å². The summed E-state index contributed by atoms with van der Waals surface area (Å²) in [5, 5.41) is 2.22. The van der Waals surface area contributed by atoms with Crippen LogP contribution in [0.2, 0.25) is 0 Å². The van der Waals surface area contributed by atoms with Crippen LogP contribution in [0.4, 0.5) is 14.5 Å². The number of hydrogen-bond donors (Lipinski definition) is 2. The molecule has 0 aliphatic rings. The lowest BCUT2D eigenvalue weighted by Crippen LogP contribution is -2.12. The summed E-state index contributed by atoms with van der Waals surface area (Å²) in [7, 11) is 0. The van der Waals surface area contributed by atoms with Gasteiger partial charge in [0.2, 0.25) is 0 Å². The molecular formula is C12H10F2N2O2. The average molecular weight is 252 g/mol. The van der Waals surface area contributed by atoms with E-state index in [0.29, 0.717) is 5.76 Å². The first kappa shape index (κ1) is 12.3. The van der Waals surface area contributed by atoms with Crippen LogP contribution in [0.3, 0.4) is 0 Å². The minimum atomic E-state index is -0.727. The Hall–Kier alpha value is -2.21. The lowest BCUT2D eigenvalue weighted by atomic mass is 10.3. The highest BCUT2D eigenvalue weighted by molar-refractivity contribution is 6.02. The Balaban J connectivity index is 2.18. The fraction of sp³-hybridized carbons (Fsp3) is 0.0833. The minimum Gasteiger partial charge on any atom is -0.455 e. The molecular weight excluding hydrogens is 242 g/mol. The maximum absolute atomic E-state index is 13.3. The summed E-state index contributed by atoms with van der Waals surface area (Å²) >= 11 is 0. The van der Waals surface area contributed by atoms with Crippen molar-refractivity contribution < 1.29 is 18.0 Å². The number of halogens is 2. The van der Waals surface area contributed by atoms with Crippen molar-refractivity contribution in [2.45, 2.75) is 6.54 Å². The molecule has 0 fully saturated rings. The van der Waals surface area contributed by atoms with Crippen molar-refractivity contribution in [3.05, 3.63) is 53.5 Å². The van der Waals surface area contributed by atoms with Gasteiger partial charge in [0.1, 0.15) is 17.4 Å². The van der Waals surface area contributed by atoms with Crippen molar-refractivity contribution in [1.29, 1.82) is 0 Å². The standard InChI is InChI=1S/C12H10F2N2O2/c13-7-1-3-9(14)10(5-7)16-12(17)11-4-2-8(6-15)18-11/h1-5H,6,15H2,(H,16,17). The zero-order valence-electron chi connectivity index (χ0n) is 9.24. The third-order valence-corrected chi connectivity index (χ3v) is 2.26. The van der Waals surface area contributed by atoms with Crippen molar-refractivity contribution in [3.8, 4) is 0 Å². The van der Waals surface area contributed by atoms with E-state index in [-0.39, 0.29) is 18.0 Å². The van der Waals surface area contributed by atoms with Crippen LogP contribution in [-0.2, 0) is 6.54 Å². The maximum atomic E-state index is 13.3. The predicted molar refractivity (Wildman–Crippen MR) is 60.9 cm³/mol. The van der Waals surface area contributed by atoms with Gasteiger partial charge in [-0.25, -0.2) is 8.78 Å². The van der Waals surface area contributed by atoms with Gasteiger partial charge in [-0.2, -0.15) is 0 Å². The molecule has 1 amide bonds. The first-order chi connectivity index (χ1) is 8.60. The summed E-state index contributed by atoms with van der Waals surface area (Å²) in [6.45, 7) is 0.154. The third kappa shape index (κ3) is 2.54. The average Bonchev–Trinajstić information content (AvgIpc) is 2.82. The normalized spacial score (nSPS) is 10.4. The van der Waals surface area contributed by atoms with Gasteiger partial charge >= 0.3 is 0 Å². The topological polar surface area (TPSA) is 68.3 Å². The lowest BCUT2D eigenvalue weighted by Gasteiger charge is -2.04. The molecule has 0 saturated carbocycles. The second-order valence-electron chi connectivity index (χ2n) is 3.55. The molecule has 0 saturated heterocycles. The fourth-order valence-corrected chi connectivity index (χ4v) is 1.39. The fourth-order valence-electron chi connectivity index (χ4n) is 1.39. The zero-order chi connectivity index (χ0) is 13.1. The van der Waals surface area contributed by atoms with Gasteiger partial charge in [-0.15, -0.1) is 0 Å². The van der Waals surface area contributed by atoms with Crippen molar-refractivity contribution in [3.63, 3.8) is 0 Å². The van der Waals surface area contributed by atoms with E-state index in [1.54, 1.807) is 0 Å². The van der Waals surface area contributed by atoms with Crippen LogP contribution in [0.25, 0.3) is 0 Å². The quantitative estimate of drug-likeness (QED) is 0.880. The highest BCUT2D eigenvalue weighted by atomic mass is 19.1. The minimum absolute atomic E-state index is 0.0147. The molecule has 0 radical (unpaired) electrons. The van der Waals surface area contributed by atoms with Gasteiger partial charge in [-0.1, -0.05) is 0 Å². The number of nitrogens with one attached hydrogen (secondary N) is 1. The molecule has 94 valence electrons. The Morgan fingerprint density at radius 3 is 2.72 bits per heavy atom. The summed E-state index contributed by atoms with van der Waals surface area (Å²) in [5.74, 6) is -1.62. The van der Waals surface area contributed by atoms with E-state index in [9.17, 15) is 13.6 Å². The van der Waals surface area contributed by atoms with Crippen LogP contribution in [0.5, 0.6) is 0 Å². The Morgan fingerprint density at radius 2 is 2.06 bits per heavy atom. The van der Waals surface area contributed by atoms with Gasteiger partial charge in [0.25, 0.3) is 5.91 Å². The first-order valence-electron chi connectivity index (χ1n) is 5.15. The van der Waals surface area contributed by atoms with Gasteiger partial charge < -0.3 is 15.5 Å². The first-order valence-corrected chi connectivity index (χ1v) is 5.15. The molecule has 0 aliphatic heterocycles. The number of anilines is 1. The van der Waals surface area contributed by atoms with E-state index in [1.807, 2.05) is 0 Å². The van der Waals surface area contributed by atoms with Crippen molar-refractivity contribution >= 4 is 11.6 Å². The van der Waals surface area contributed by atoms with Crippen LogP contribution >= 0.6 is 0 Å². The number of nitrogens with two attached hydrogens (primary N) is 1.